The predicted molar refractivity (Wildman–Crippen MR) is 157 cm³/mol. The molecule has 2 fully saturated rings. The lowest BCUT2D eigenvalue weighted by atomic mass is 10.1. The van der Waals surface area contributed by atoms with Crippen molar-refractivity contribution in [3.63, 3.8) is 0 Å². The van der Waals surface area contributed by atoms with E-state index in [0.717, 1.165) is 68.3 Å². The molecule has 2 N–H and O–H groups in total. The van der Waals surface area contributed by atoms with Crippen LogP contribution in [-0.4, -0.2) is 74.9 Å². The predicted octanol–water partition coefficient (Wildman–Crippen LogP) is 3.67. The highest BCUT2D eigenvalue weighted by atomic mass is 16.3. The van der Waals surface area contributed by atoms with Crippen LogP contribution in [0.2, 0.25) is 0 Å². The minimum Gasteiger partial charge on any atom is -0.391 e. The standard InChI is InChI=1S/C30H35N9O/c1-22-19-38(14-15-39(22)29-31-17-24(18-32-29)16-23-6-3-2-4-7-23)30-34-21-33-28(36-30)35-25-9-11-26(12-10-25)37-13-5-8-27(40)20-37/h2-4,6-7,9-12,17-18,21-22,27,40H,5,8,13-16,19-20H2,1H3,(H,33,34,35,36)/t22-,27-/m1/s1. The summed E-state index contributed by atoms with van der Waals surface area (Å²) in [5, 5.41) is 13.3. The van der Waals surface area contributed by atoms with E-state index in [9.17, 15) is 5.11 Å². The molecule has 0 bridgehead atoms. The minimum atomic E-state index is -0.252. The third-order valence-corrected chi connectivity index (χ3v) is 7.55. The number of nitrogens with zero attached hydrogens (tertiary/aromatic N) is 8. The number of piperidine rings is 1. The first-order valence-corrected chi connectivity index (χ1v) is 14.0. The molecule has 206 valence electrons. The van der Waals surface area contributed by atoms with Gasteiger partial charge in [-0.1, -0.05) is 30.3 Å². The van der Waals surface area contributed by atoms with Gasteiger partial charge in [0.25, 0.3) is 0 Å². The summed E-state index contributed by atoms with van der Waals surface area (Å²) in [6, 6.07) is 18.8. The number of aliphatic hydroxyl groups excluding tert-OH is 1. The van der Waals surface area contributed by atoms with Crippen LogP contribution in [0.1, 0.15) is 30.9 Å². The van der Waals surface area contributed by atoms with Crippen LogP contribution in [-0.2, 0) is 6.42 Å². The quantitative estimate of drug-likeness (QED) is 0.363. The van der Waals surface area contributed by atoms with Crippen LogP contribution in [0.3, 0.4) is 0 Å². The summed E-state index contributed by atoms with van der Waals surface area (Å²) in [5.41, 5.74) is 4.38. The summed E-state index contributed by atoms with van der Waals surface area (Å²) in [7, 11) is 0. The highest BCUT2D eigenvalue weighted by Gasteiger charge is 2.27. The summed E-state index contributed by atoms with van der Waals surface area (Å²) in [4.78, 5) is 29.5. The van der Waals surface area contributed by atoms with Crippen LogP contribution >= 0.6 is 0 Å². The van der Waals surface area contributed by atoms with Gasteiger partial charge in [0, 0.05) is 69.0 Å². The Morgan fingerprint density at radius 1 is 0.825 bits per heavy atom. The van der Waals surface area contributed by atoms with Crippen molar-refractivity contribution in [2.24, 2.45) is 0 Å². The number of hydrogen-bond acceptors (Lipinski definition) is 10. The Morgan fingerprint density at radius 2 is 1.62 bits per heavy atom. The molecule has 2 aromatic carbocycles. The molecule has 40 heavy (non-hydrogen) atoms. The molecule has 4 heterocycles. The van der Waals surface area contributed by atoms with E-state index in [4.69, 9.17) is 4.98 Å². The molecule has 10 heteroatoms. The van der Waals surface area contributed by atoms with E-state index in [2.05, 4.69) is 83.3 Å². The van der Waals surface area contributed by atoms with Gasteiger partial charge in [-0.15, -0.1) is 0 Å². The van der Waals surface area contributed by atoms with Crippen molar-refractivity contribution < 1.29 is 5.11 Å². The average molecular weight is 538 g/mol. The van der Waals surface area contributed by atoms with Crippen molar-refractivity contribution in [1.29, 1.82) is 0 Å². The van der Waals surface area contributed by atoms with Crippen LogP contribution in [0.25, 0.3) is 0 Å². The molecular weight excluding hydrogens is 502 g/mol. The van der Waals surface area contributed by atoms with Gasteiger partial charge in [-0.2, -0.15) is 4.98 Å². The van der Waals surface area contributed by atoms with Gasteiger partial charge in [0.1, 0.15) is 6.33 Å². The van der Waals surface area contributed by atoms with Gasteiger partial charge in [-0.05, 0) is 55.2 Å². The Morgan fingerprint density at radius 3 is 2.38 bits per heavy atom. The highest BCUT2D eigenvalue weighted by Crippen LogP contribution is 2.24. The third-order valence-electron chi connectivity index (χ3n) is 7.55. The molecule has 0 aliphatic carbocycles. The first-order chi connectivity index (χ1) is 19.6. The lowest BCUT2D eigenvalue weighted by molar-refractivity contribution is 0.154. The second-order valence-electron chi connectivity index (χ2n) is 10.6. The summed E-state index contributed by atoms with van der Waals surface area (Å²) in [6.07, 6.45) is 7.88. The van der Waals surface area contributed by atoms with Crippen LogP contribution in [0, 0.1) is 0 Å². The number of nitrogens with one attached hydrogen (secondary N) is 1. The van der Waals surface area contributed by atoms with E-state index in [1.165, 1.54) is 5.56 Å². The Balaban J connectivity index is 1.06. The minimum absolute atomic E-state index is 0.197. The number of piperazine rings is 1. The molecule has 0 radical (unpaired) electrons. The first-order valence-electron chi connectivity index (χ1n) is 14.0. The Kier molecular flexibility index (Phi) is 7.67. The molecule has 0 amide bonds. The zero-order chi connectivity index (χ0) is 27.3. The van der Waals surface area contributed by atoms with E-state index in [1.54, 1.807) is 6.33 Å². The molecule has 2 aromatic heterocycles. The van der Waals surface area contributed by atoms with E-state index in [-0.39, 0.29) is 12.1 Å². The SMILES string of the molecule is C[C@@H]1CN(c2ncnc(Nc3ccc(N4CCC[C@@H](O)C4)cc3)n2)CCN1c1ncc(Cc2ccccc2)cn1. The van der Waals surface area contributed by atoms with Gasteiger partial charge >= 0.3 is 0 Å². The second kappa shape index (κ2) is 11.8. The number of hydrogen-bond donors (Lipinski definition) is 2. The van der Waals surface area contributed by atoms with Crippen molar-refractivity contribution in [1.82, 2.24) is 24.9 Å². The zero-order valence-electron chi connectivity index (χ0n) is 22.8. The number of aromatic nitrogens is 5. The van der Waals surface area contributed by atoms with Gasteiger partial charge < -0.3 is 25.1 Å². The van der Waals surface area contributed by atoms with Gasteiger partial charge in [0.05, 0.1) is 6.10 Å². The van der Waals surface area contributed by atoms with Gasteiger partial charge in [-0.3, -0.25) is 0 Å². The summed E-state index contributed by atoms with van der Waals surface area (Å²) in [6.45, 7) is 6.13. The van der Waals surface area contributed by atoms with Crippen molar-refractivity contribution in [3.05, 3.63) is 84.4 Å². The molecule has 0 unspecified atom stereocenters. The number of rotatable bonds is 7. The summed E-state index contributed by atoms with van der Waals surface area (Å²) < 4.78 is 0. The molecule has 4 aromatic rings. The van der Waals surface area contributed by atoms with Crippen LogP contribution < -0.4 is 20.0 Å². The fourth-order valence-electron chi connectivity index (χ4n) is 5.43. The number of anilines is 5. The van der Waals surface area contributed by atoms with Gasteiger partial charge in [-0.25, -0.2) is 19.9 Å². The molecule has 0 saturated carbocycles. The van der Waals surface area contributed by atoms with E-state index >= 15 is 0 Å². The monoisotopic (exact) mass is 537 g/mol. The molecule has 2 aliphatic heterocycles. The molecule has 0 spiro atoms. The van der Waals surface area contributed by atoms with Crippen molar-refractivity contribution in [2.75, 3.05) is 52.7 Å². The van der Waals surface area contributed by atoms with Crippen molar-refractivity contribution in [2.45, 2.75) is 38.3 Å². The molecular formula is C30H35N9O. The second-order valence-corrected chi connectivity index (χ2v) is 10.6. The van der Waals surface area contributed by atoms with Gasteiger partial charge in [0.15, 0.2) is 0 Å². The summed E-state index contributed by atoms with van der Waals surface area (Å²) in [5.74, 6) is 1.92. The van der Waals surface area contributed by atoms with Crippen LogP contribution in [0.15, 0.2) is 73.3 Å². The topological polar surface area (TPSA) is 106 Å². The van der Waals surface area contributed by atoms with Gasteiger partial charge in [0.2, 0.25) is 17.8 Å². The number of aliphatic hydroxyl groups is 1. The maximum atomic E-state index is 9.98. The normalized spacial score (nSPS) is 19.5. The molecule has 10 nitrogen and oxygen atoms in total. The molecule has 2 atom stereocenters. The van der Waals surface area contributed by atoms with E-state index in [0.29, 0.717) is 18.4 Å². The molecule has 6 rings (SSSR count). The third kappa shape index (κ3) is 6.12. The number of benzene rings is 2. The molecule has 2 saturated heterocycles. The smallest absolute Gasteiger partial charge is 0.231 e. The Labute approximate surface area is 234 Å². The van der Waals surface area contributed by atoms with Crippen molar-refractivity contribution in [3.8, 4) is 0 Å². The van der Waals surface area contributed by atoms with Crippen LogP contribution in [0.5, 0.6) is 0 Å². The maximum absolute atomic E-state index is 9.98. The number of β-amino-alcohol motifs (C(OH)–C–C–N with tert-alkyl or cyclic N) is 1. The van der Waals surface area contributed by atoms with E-state index in [1.807, 2.05) is 30.6 Å². The zero-order valence-corrected chi connectivity index (χ0v) is 22.8. The molecule has 2 aliphatic rings. The van der Waals surface area contributed by atoms with E-state index < -0.39 is 0 Å². The first kappa shape index (κ1) is 25.9. The maximum Gasteiger partial charge on any atom is 0.231 e. The largest absolute Gasteiger partial charge is 0.391 e. The highest BCUT2D eigenvalue weighted by molar-refractivity contribution is 5.60. The Hall–Kier alpha value is -4.31. The average Bonchev–Trinajstić information content (AvgIpc) is 2.99. The lowest BCUT2D eigenvalue weighted by Crippen LogP contribution is -2.53. The fourth-order valence-corrected chi connectivity index (χ4v) is 5.43. The van der Waals surface area contributed by atoms with Crippen LogP contribution in [0.4, 0.5) is 29.2 Å². The lowest BCUT2D eigenvalue weighted by Gasteiger charge is -2.39. The Bertz CT molecular complexity index is 1380. The summed E-state index contributed by atoms with van der Waals surface area (Å²) >= 11 is 0. The van der Waals surface area contributed by atoms with Crippen molar-refractivity contribution >= 4 is 29.2 Å². The fraction of sp³-hybridized carbons (Fsp3) is 0.367.